The summed E-state index contributed by atoms with van der Waals surface area (Å²) in [6.45, 7) is -0.344. The molecule has 0 unspecified atom stereocenters. The molecule has 0 bridgehead atoms. The lowest BCUT2D eigenvalue weighted by atomic mass is 10.2. The first kappa shape index (κ1) is 12.8. The van der Waals surface area contributed by atoms with Gasteiger partial charge in [-0.15, -0.1) is 0 Å². The molecule has 1 heterocycles. The summed E-state index contributed by atoms with van der Waals surface area (Å²) in [5.74, 6) is 3.72. The van der Waals surface area contributed by atoms with Gasteiger partial charge in [-0.25, -0.2) is 4.39 Å². The number of carbonyl (C=O) groups is 1. The van der Waals surface area contributed by atoms with E-state index in [1.165, 1.54) is 24.4 Å². The molecule has 0 saturated heterocycles. The van der Waals surface area contributed by atoms with Crippen LogP contribution in [-0.4, -0.2) is 22.8 Å². The van der Waals surface area contributed by atoms with E-state index in [0.717, 1.165) is 6.07 Å². The molecule has 5 nitrogen and oxygen atoms in total. The molecular weight excluding hydrogens is 251 g/mol. The normalized spacial score (nSPS) is 9.58. The fourth-order valence-corrected chi connectivity index (χ4v) is 1.35. The Morgan fingerprint density at radius 1 is 1.47 bits per heavy atom. The van der Waals surface area contributed by atoms with Gasteiger partial charge in [-0.05, 0) is 18.2 Å². The third-order valence-corrected chi connectivity index (χ3v) is 2.19. The summed E-state index contributed by atoms with van der Waals surface area (Å²) in [5, 5.41) is 14.4. The number of hydrogen-bond acceptors (Lipinski definition) is 4. The summed E-state index contributed by atoms with van der Waals surface area (Å²) in [4.78, 5) is 11.6. The van der Waals surface area contributed by atoms with Gasteiger partial charge in [-0.3, -0.25) is 4.79 Å². The number of halogens is 1. The van der Waals surface area contributed by atoms with Crippen molar-refractivity contribution < 1.29 is 18.8 Å². The fraction of sp³-hybridized carbons (Fsp3) is 0.0769. The zero-order valence-corrected chi connectivity index (χ0v) is 9.68. The Morgan fingerprint density at radius 2 is 2.32 bits per heavy atom. The zero-order valence-electron chi connectivity index (χ0n) is 9.68. The Bertz CT molecular complexity index is 642. The van der Waals surface area contributed by atoms with Crippen molar-refractivity contribution in [3.05, 3.63) is 47.6 Å². The summed E-state index contributed by atoms with van der Waals surface area (Å²) in [6, 6.07) is 5.44. The fourth-order valence-electron chi connectivity index (χ4n) is 1.35. The van der Waals surface area contributed by atoms with Crippen LogP contribution >= 0.6 is 0 Å². The summed E-state index contributed by atoms with van der Waals surface area (Å²) in [5.41, 5.74) is 0.417. The molecule has 1 amide bonds. The number of aliphatic hydroxyl groups is 1. The minimum Gasteiger partial charge on any atom is -0.384 e. The average Bonchev–Trinajstić information content (AvgIpc) is 2.92. The Kier molecular flexibility index (Phi) is 3.90. The Morgan fingerprint density at radius 3 is 2.95 bits per heavy atom. The molecule has 0 atom stereocenters. The van der Waals surface area contributed by atoms with E-state index in [2.05, 4.69) is 26.8 Å². The molecule has 0 spiro atoms. The predicted octanol–water partition coefficient (Wildman–Crippen LogP) is 1.41. The molecular formula is C13H9FN2O3. The molecule has 0 aliphatic heterocycles. The topological polar surface area (TPSA) is 75.4 Å². The lowest BCUT2D eigenvalue weighted by molar-refractivity contribution is 0.0988. The highest BCUT2D eigenvalue weighted by Gasteiger charge is 2.10. The molecule has 96 valence electrons. The summed E-state index contributed by atoms with van der Waals surface area (Å²) in [6.07, 6.45) is 1.34. The van der Waals surface area contributed by atoms with Crippen LogP contribution in [0.1, 0.15) is 16.1 Å². The Hall–Kier alpha value is -2.65. The number of hydrogen-bond donors (Lipinski definition) is 2. The highest BCUT2D eigenvalue weighted by atomic mass is 19.1. The van der Waals surface area contributed by atoms with Crippen LogP contribution in [0.3, 0.4) is 0 Å². The van der Waals surface area contributed by atoms with E-state index >= 15 is 0 Å². The van der Waals surface area contributed by atoms with Crippen molar-refractivity contribution in [3.63, 3.8) is 0 Å². The minimum absolute atomic E-state index is 0.0320. The van der Waals surface area contributed by atoms with Crippen molar-refractivity contribution in [1.82, 2.24) is 5.16 Å². The van der Waals surface area contributed by atoms with Gasteiger partial charge in [0.1, 0.15) is 12.4 Å². The van der Waals surface area contributed by atoms with Crippen LogP contribution in [0.5, 0.6) is 0 Å². The van der Waals surface area contributed by atoms with Crippen molar-refractivity contribution in [2.45, 2.75) is 0 Å². The molecule has 0 saturated carbocycles. The number of nitrogens with one attached hydrogen (secondary N) is 1. The Balaban J connectivity index is 2.14. The third kappa shape index (κ3) is 3.18. The van der Waals surface area contributed by atoms with Crippen LogP contribution in [0.2, 0.25) is 0 Å². The van der Waals surface area contributed by atoms with Gasteiger partial charge in [0.05, 0.1) is 11.8 Å². The van der Waals surface area contributed by atoms with Crippen molar-refractivity contribution in [2.75, 3.05) is 11.9 Å². The summed E-state index contributed by atoms with van der Waals surface area (Å²) in [7, 11) is 0. The molecule has 2 rings (SSSR count). The molecule has 2 N–H and O–H groups in total. The second-order valence-electron chi connectivity index (χ2n) is 3.49. The second kappa shape index (κ2) is 5.80. The highest BCUT2D eigenvalue weighted by molar-refractivity contribution is 6.02. The highest BCUT2D eigenvalue weighted by Crippen LogP contribution is 2.14. The Labute approximate surface area is 108 Å². The first-order valence-electron chi connectivity index (χ1n) is 5.32. The molecule has 0 aliphatic carbocycles. The predicted molar refractivity (Wildman–Crippen MR) is 64.8 cm³/mol. The molecule has 0 radical (unpaired) electrons. The van der Waals surface area contributed by atoms with Crippen LogP contribution in [0, 0.1) is 17.7 Å². The van der Waals surface area contributed by atoms with Crippen molar-refractivity contribution in [3.8, 4) is 11.8 Å². The van der Waals surface area contributed by atoms with Crippen molar-refractivity contribution >= 4 is 11.6 Å². The largest absolute Gasteiger partial charge is 0.384 e. The molecule has 0 fully saturated rings. The molecule has 0 aliphatic rings. The standard InChI is InChI=1S/C13H9FN2O3/c14-11-8-10(4-3-9(11)2-1-7-17)16-13(18)12-5-6-15-19-12/h3-6,8,17H,7H2,(H,16,18). The van der Waals surface area contributed by atoms with Gasteiger partial charge >= 0.3 is 0 Å². The number of aromatic nitrogens is 1. The first-order valence-corrected chi connectivity index (χ1v) is 5.32. The van der Waals surface area contributed by atoms with Gasteiger partial charge in [0, 0.05) is 11.8 Å². The molecule has 1 aromatic heterocycles. The summed E-state index contributed by atoms with van der Waals surface area (Å²) >= 11 is 0. The zero-order chi connectivity index (χ0) is 13.7. The minimum atomic E-state index is -0.587. The van der Waals surface area contributed by atoms with Crippen LogP contribution in [-0.2, 0) is 0 Å². The number of carbonyl (C=O) groups excluding carboxylic acids is 1. The number of anilines is 1. The van der Waals surface area contributed by atoms with Crippen molar-refractivity contribution in [2.24, 2.45) is 0 Å². The molecule has 2 aromatic rings. The van der Waals surface area contributed by atoms with Gasteiger partial charge in [0.2, 0.25) is 5.76 Å². The van der Waals surface area contributed by atoms with Crippen molar-refractivity contribution in [1.29, 1.82) is 0 Å². The van der Waals surface area contributed by atoms with E-state index < -0.39 is 11.7 Å². The quantitative estimate of drug-likeness (QED) is 0.800. The van der Waals surface area contributed by atoms with Crippen LogP contribution in [0.15, 0.2) is 35.0 Å². The number of benzene rings is 1. The third-order valence-electron chi connectivity index (χ3n) is 2.19. The van der Waals surface area contributed by atoms with Gasteiger partial charge in [0.25, 0.3) is 5.91 Å². The van der Waals surface area contributed by atoms with Gasteiger partial charge in [-0.1, -0.05) is 17.0 Å². The van der Waals surface area contributed by atoms with E-state index in [-0.39, 0.29) is 23.6 Å². The van der Waals surface area contributed by atoms with E-state index in [9.17, 15) is 9.18 Å². The van der Waals surface area contributed by atoms with E-state index in [0.29, 0.717) is 0 Å². The van der Waals surface area contributed by atoms with Crippen LogP contribution in [0.25, 0.3) is 0 Å². The maximum Gasteiger partial charge on any atom is 0.294 e. The van der Waals surface area contributed by atoms with Gasteiger partial charge in [-0.2, -0.15) is 0 Å². The number of rotatable bonds is 2. The molecule has 19 heavy (non-hydrogen) atoms. The number of nitrogens with zero attached hydrogens (tertiary/aromatic N) is 1. The van der Waals surface area contributed by atoms with Gasteiger partial charge in [0.15, 0.2) is 0 Å². The number of aliphatic hydroxyl groups excluding tert-OH is 1. The monoisotopic (exact) mass is 260 g/mol. The van der Waals surface area contributed by atoms with Crippen LogP contribution < -0.4 is 5.32 Å². The molecule has 6 heteroatoms. The number of amides is 1. The smallest absolute Gasteiger partial charge is 0.294 e. The molecule has 1 aromatic carbocycles. The maximum absolute atomic E-state index is 13.6. The maximum atomic E-state index is 13.6. The lowest BCUT2D eigenvalue weighted by Crippen LogP contribution is -2.11. The average molecular weight is 260 g/mol. The van der Waals surface area contributed by atoms with E-state index in [1.54, 1.807) is 0 Å². The van der Waals surface area contributed by atoms with Crippen LogP contribution in [0.4, 0.5) is 10.1 Å². The summed E-state index contributed by atoms with van der Waals surface area (Å²) < 4.78 is 18.3. The first-order chi connectivity index (χ1) is 9.20. The van der Waals surface area contributed by atoms with Gasteiger partial charge < -0.3 is 14.9 Å². The lowest BCUT2D eigenvalue weighted by Gasteiger charge is -2.03. The second-order valence-corrected chi connectivity index (χ2v) is 3.49. The van der Waals surface area contributed by atoms with E-state index in [1.807, 2.05) is 0 Å². The SMILES string of the molecule is O=C(Nc1ccc(C#CCO)c(F)c1)c1ccno1. The van der Waals surface area contributed by atoms with E-state index in [4.69, 9.17) is 5.11 Å².